The van der Waals surface area contributed by atoms with Gasteiger partial charge >= 0.3 is 12.1 Å². The molecule has 0 spiro atoms. The van der Waals surface area contributed by atoms with Crippen LogP contribution >= 0.6 is 34.8 Å². The van der Waals surface area contributed by atoms with Crippen molar-refractivity contribution in [2.45, 2.75) is 0 Å². The van der Waals surface area contributed by atoms with Crippen LogP contribution in [0.15, 0.2) is 0 Å². The van der Waals surface area contributed by atoms with Crippen LogP contribution in [-0.2, 0) is 0 Å². The second kappa shape index (κ2) is 9.81. The molecule has 0 rings (SSSR count). The lowest BCUT2D eigenvalue weighted by Gasteiger charge is -2.20. The van der Waals surface area contributed by atoms with Gasteiger partial charge in [-0.3, -0.25) is 0 Å². The van der Waals surface area contributed by atoms with E-state index >= 15 is 0 Å². The van der Waals surface area contributed by atoms with E-state index in [1.807, 2.05) is 0 Å². The zero-order chi connectivity index (χ0) is 12.4. The molecule has 0 heterocycles. The van der Waals surface area contributed by atoms with E-state index in [1.165, 1.54) is 0 Å². The van der Waals surface area contributed by atoms with E-state index in [1.54, 1.807) is 0 Å². The zero-order valence-corrected chi connectivity index (χ0v) is 10.9. The first-order valence-electron chi connectivity index (χ1n) is 4.68. The van der Waals surface area contributed by atoms with Crippen molar-refractivity contribution in [3.05, 3.63) is 0 Å². The molecule has 0 unspecified atom stereocenters. The molecule has 0 bridgehead atoms. The minimum Gasteiger partial charge on any atom is -0.336 e. The maximum Gasteiger partial charge on any atom is 0.325 e. The molecule has 0 saturated carbocycles. The molecule has 0 aromatic heterocycles. The molecule has 2 N–H and O–H groups in total. The Kier molecular flexibility index (Phi) is 9.57. The highest BCUT2D eigenvalue weighted by Crippen LogP contribution is 1.93. The van der Waals surface area contributed by atoms with Crippen molar-refractivity contribution >= 4 is 46.9 Å². The molecule has 0 aliphatic rings. The number of nitrogens with zero attached hydrogens (tertiary/aromatic N) is 1. The van der Waals surface area contributed by atoms with Gasteiger partial charge in [-0.2, -0.15) is 0 Å². The fraction of sp³-hybridized carbons (Fsp3) is 0.750. The largest absolute Gasteiger partial charge is 0.336 e. The number of hydrogen-bond donors (Lipinski definition) is 2. The highest BCUT2D eigenvalue weighted by atomic mass is 35.5. The summed E-state index contributed by atoms with van der Waals surface area (Å²) in [6.45, 7) is 0.716. The minimum absolute atomic E-state index is 0.129. The van der Waals surface area contributed by atoms with Crippen molar-refractivity contribution in [2.24, 2.45) is 0 Å². The summed E-state index contributed by atoms with van der Waals surface area (Å²) < 4.78 is 0. The molecule has 0 aromatic carbocycles. The number of nitrogens with one attached hydrogen (secondary N) is 2. The van der Waals surface area contributed by atoms with Crippen molar-refractivity contribution in [3.8, 4) is 0 Å². The number of carbonyl (C=O) groups excluding carboxylic acids is 2. The smallest absolute Gasteiger partial charge is 0.325 e. The molecule has 5 nitrogen and oxygen atoms in total. The number of hydrogen-bond acceptors (Lipinski definition) is 2. The molecular weight excluding hydrogens is 276 g/mol. The Morgan fingerprint density at radius 1 is 0.875 bits per heavy atom. The molecular formula is C8H14Cl3N3O2. The molecule has 94 valence electrons. The predicted octanol–water partition coefficient (Wildman–Crippen LogP) is 1.42. The molecule has 8 heteroatoms. The van der Waals surface area contributed by atoms with Gasteiger partial charge in [0.05, 0.1) is 0 Å². The van der Waals surface area contributed by atoms with Crippen molar-refractivity contribution in [2.75, 3.05) is 37.3 Å². The Morgan fingerprint density at radius 2 is 1.31 bits per heavy atom. The van der Waals surface area contributed by atoms with E-state index in [4.69, 9.17) is 34.8 Å². The Bertz CT molecular complexity index is 209. The summed E-state index contributed by atoms with van der Waals surface area (Å²) in [5.74, 6) is 0.732. The molecule has 0 radical (unpaired) electrons. The highest BCUT2D eigenvalue weighted by Gasteiger charge is 2.19. The number of imide groups is 1. The third-order valence-corrected chi connectivity index (χ3v) is 2.09. The Morgan fingerprint density at radius 3 is 1.62 bits per heavy atom. The Hall–Kier alpha value is -0.390. The average Bonchev–Trinajstić information content (AvgIpc) is 2.29. The van der Waals surface area contributed by atoms with Crippen LogP contribution in [0.1, 0.15) is 0 Å². The lowest BCUT2D eigenvalue weighted by Crippen LogP contribution is -2.50. The van der Waals surface area contributed by atoms with Crippen LogP contribution in [-0.4, -0.2) is 54.2 Å². The number of urea groups is 2. The van der Waals surface area contributed by atoms with Crippen LogP contribution in [0.2, 0.25) is 0 Å². The number of alkyl halides is 3. The van der Waals surface area contributed by atoms with Gasteiger partial charge in [-0.05, 0) is 0 Å². The summed E-state index contributed by atoms with van der Waals surface area (Å²) in [6.07, 6.45) is 0. The third kappa shape index (κ3) is 6.25. The maximum absolute atomic E-state index is 11.5. The van der Waals surface area contributed by atoms with E-state index < -0.39 is 12.1 Å². The van der Waals surface area contributed by atoms with Crippen LogP contribution in [0.25, 0.3) is 0 Å². The molecule has 0 aliphatic carbocycles. The quantitative estimate of drug-likeness (QED) is 0.727. The normalized spacial score (nSPS) is 9.69. The average molecular weight is 291 g/mol. The maximum atomic E-state index is 11.5. The third-order valence-electron chi connectivity index (χ3n) is 1.54. The molecule has 0 atom stereocenters. The van der Waals surface area contributed by atoms with Crippen LogP contribution < -0.4 is 10.6 Å². The Labute approximate surface area is 109 Å². The van der Waals surface area contributed by atoms with Gasteiger partial charge in [-0.25, -0.2) is 14.5 Å². The fourth-order valence-corrected chi connectivity index (χ4v) is 1.24. The van der Waals surface area contributed by atoms with Crippen LogP contribution in [0.4, 0.5) is 9.59 Å². The first kappa shape index (κ1) is 15.6. The lowest BCUT2D eigenvalue weighted by atomic mass is 10.5. The summed E-state index contributed by atoms with van der Waals surface area (Å²) in [4.78, 5) is 24.0. The lowest BCUT2D eigenvalue weighted by molar-refractivity contribution is 0.189. The summed E-state index contributed by atoms with van der Waals surface area (Å²) in [7, 11) is 0. The van der Waals surface area contributed by atoms with E-state index in [-0.39, 0.29) is 24.2 Å². The van der Waals surface area contributed by atoms with Crippen LogP contribution in [0, 0.1) is 0 Å². The van der Waals surface area contributed by atoms with Crippen molar-refractivity contribution in [1.29, 1.82) is 0 Å². The minimum atomic E-state index is -0.520. The molecule has 0 fully saturated rings. The van der Waals surface area contributed by atoms with Gasteiger partial charge in [-0.15, -0.1) is 34.8 Å². The highest BCUT2D eigenvalue weighted by molar-refractivity contribution is 6.18. The van der Waals surface area contributed by atoms with Crippen molar-refractivity contribution in [1.82, 2.24) is 15.5 Å². The second-order valence-corrected chi connectivity index (χ2v) is 3.82. The molecule has 0 saturated heterocycles. The Balaban J connectivity index is 4.22. The molecule has 0 aliphatic heterocycles. The summed E-state index contributed by atoms with van der Waals surface area (Å²) in [5, 5.41) is 4.95. The van der Waals surface area contributed by atoms with E-state index in [2.05, 4.69) is 10.6 Å². The number of carbonyl (C=O) groups is 2. The molecule has 16 heavy (non-hydrogen) atoms. The zero-order valence-electron chi connectivity index (χ0n) is 8.64. The number of halogens is 3. The summed E-state index contributed by atoms with van der Waals surface area (Å²) in [6, 6.07) is -1.04. The molecule has 4 amide bonds. The van der Waals surface area contributed by atoms with Gasteiger partial charge in [0.1, 0.15) is 0 Å². The monoisotopic (exact) mass is 289 g/mol. The van der Waals surface area contributed by atoms with Gasteiger partial charge in [0.2, 0.25) is 0 Å². The predicted molar refractivity (Wildman–Crippen MR) is 65.7 cm³/mol. The van der Waals surface area contributed by atoms with E-state index in [0.717, 1.165) is 4.90 Å². The number of amides is 4. The van der Waals surface area contributed by atoms with E-state index in [9.17, 15) is 9.59 Å². The summed E-state index contributed by atoms with van der Waals surface area (Å²) >= 11 is 16.3. The van der Waals surface area contributed by atoms with Crippen molar-refractivity contribution < 1.29 is 9.59 Å². The second-order valence-electron chi connectivity index (χ2n) is 2.68. The SMILES string of the molecule is O=C(NCCCl)N(CCCl)C(=O)NCCCl. The fourth-order valence-electron chi connectivity index (χ4n) is 0.879. The summed E-state index contributed by atoms with van der Waals surface area (Å²) in [5.41, 5.74) is 0. The van der Waals surface area contributed by atoms with Gasteiger partial charge in [0.15, 0.2) is 0 Å². The molecule has 0 aromatic rings. The first-order valence-corrected chi connectivity index (χ1v) is 6.28. The number of rotatable bonds is 6. The van der Waals surface area contributed by atoms with Gasteiger partial charge in [-0.1, -0.05) is 0 Å². The van der Waals surface area contributed by atoms with E-state index in [0.29, 0.717) is 13.1 Å². The standard InChI is InChI=1S/C8H14Cl3N3O2/c9-1-4-12-7(15)14(6-3-11)8(16)13-5-2-10/h1-6H2,(H,12,15)(H,13,16). The van der Waals surface area contributed by atoms with Gasteiger partial charge in [0, 0.05) is 37.3 Å². The van der Waals surface area contributed by atoms with Gasteiger partial charge in [0.25, 0.3) is 0 Å². The van der Waals surface area contributed by atoms with Crippen LogP contribution in [0.3, 0.4) is 0 Å². The van der Waals surface area contributed by atoms with Gasteiger partial charge < -0.3 is 10.6 Å². The topological polar surface area (TPSA) is 61.4 Å². The van der Waals surface area contributed by atoms with Crippen molar-refractivity contribution in [3.63, 3.8) is 0 Å². The first-order chi connectivity index (χ1) is 7.67. The van der Waals surface area contributed by atoms with Crippen LogP contribution in [0.5, 0.6) is 0 Å².